The summed E-state index contributed by atoms with van der Waals surface area (Å²) in [6.07, 6.45) is 0. The highest BCUT2D eigenvalue weighted by Crippen LogP contribution is 2.12. The van der Waals surface area contributed by atoms with Crippen LogP contribution in [-0.4, -0.2) is 39.7 Å². The number of ether oxygens (including phenoxy) is 1. The van der Waals surface area contributed by atoms with E-state index >= 15 is 0 Å². The molecule has 0 unspecified atom stereocenters. The normalized spacial score (nSPS) is 9.74. The zero-order chi connectivity index (χ0) is 13.7. The highest BCUT2D eigenvalue weighted by atomic mass is 16.5. The number of H-pyrrole nitrogens is 1. The minimum absolute atomic E-state index is 0.0315. The molecule has 3 N–H and O–H groups in total. The van der Waals surface area contributed by atoms with Crippen LogP contribution in [0.5, 0.6) is 5.75 Å². The molecule has 0 aliphatic rings. The highest BCUT2D eigenvalue weighted by Gasteiger charge is 2.12. The maximum absolute atomic E-state index is 11.8. The Morgan fingerprint density at radius 2 is 2.21 bits per heavy atom. The molecule has 0 aliphatic heterocycles. The van der Waals surface area contributed by atoms with Gasteiger partial charge < -0.3 is 4.74 Å². The van der Waals surface area contributed by atoms with Crippen LogP contribution in [-0.2, 0) is 0 Å². The van der Waals surface area contributed by atoms with E-state index in [-0.39, 0.29) is 5.95 Å². The number of carbonyl (C=O) groups is 2. The van der Waals surface area contributed by atoms with E-state index in [0.29, 0.717) is 11.3 Å². The van der Waals surface area contributed by atoms with E-state index in [1.807, 2.05) is 0 Å². The van der Waals surface area contributed by atoms with E-state index < -0.39 is 11.9 Å². The zero-order valence-corrected chi connectivity index (χ0v) is 9.88. The van der Waals surface area contributed by atoms with E-state index in [0.717, 1.165) is 0 Å². The summed E-state index contributed by atoms with van der Waals surface area (Å²) in [6.45, 7) is 0. The third-order valence-corrected chi connectivity index (χ3v) is 2.13. The van der Waals surface area contributed by atoms with Crippen molar-refractivity contribution in [2.75, 3.05) is 12.4 Å². The number of methoxy groups -OCH3 is 1. The Morgan fingerprint density at radius 1 is 1.37 bits per heavy atom. The molecule has 19 heavy (non-hydrogen) atoms. The van der Waals surface area contributed by atoms with E-state index in [2.05, 4.69) is 31.3 Å². The lowest BCUT2D eigenvalue weighted by Gasteiger charge is -2.05. The number of nitrogens with zero attached hydrogens (tertiary/aromatic N) is 3. The highest BCUT2D eigenvalue weighted by molar-refractivity contribution is 6.07. The Hall–Kier alpha value is -2.97. The average Bonchev–Trinajstić information content (AvgIpc) is 2.91. The summed E-state index contributed by atoms with van der Waals surface area (Å²) in [5, 5.41) is 16.8. The zero-order valence-electron chi connectivity index (χ0n) is 9.88. The third kappa shape index (κ3) is 3.25. The first kappa shape index (κ1) is 12.5. The van der Waals surface area contributed by atoms with Gasteiger partial charge >= 0.3 is 6.03 Å². The van der Waals surface area contributed by atoms with Gasteiger partial charge in [0, 0.05) is 5.56 Å². The van der Waals surface area contributed by atoms with Crippen molar-refractivity contribution in [2.45, 2.75) is 0 Å². The van der Waals surface area contributed by atoms with Gasteiger partial charge in [-0.15, -0.1) is 5.10 Å². The predicted molar refractivity (Wildman–Crippen MR) is 63.7 cm³/mol. The number of aromatic nitrogens is 4. The Kier molecular flexibility index (Phi) is 3.67. The Balaban J connectivity index is 1.98. The number of carbonyl (C=O) groups excluding carboxylic acids is 2. The maximum atomic E-state index is 11.8. The molecule has 0 saturated carbocycles. The molecule has 0 fully saturated rings. The number of aromatic amines is 1. The van der Waals surface area contributed by atoms with Gasteiger partial charge in [0.2, 0.25) is 0 Å². The summed E-state index contributed by atoms with van der Waals surface area (Å²) >= 11 is 0. The van der Waals surface area contributed by atoms with Crippen LogP contribution in [0.3, 0.4) is 0 Å². The number of anilines is 1. The largest absolute Gasteiger partial charge is 0.497 e. The number of tetrazole rings is 1. The van der Waals surface area contributed by atoms with Gasteiger partial charge in [-0.25, -0.2) is 4.79 Å². The fraction of sp³-hybridized carbons (Fsp3) is 0.100. The fourth-order valence-electron chi connectivity index (χ4n) is 1.29. The molecule has 2 aromatic rings. The van der Waals surface area contributed by atoms with Crippen LogP contribution in [0.2, 0.25) is 0 Å². The molecule has 0 aliphatic carbocycles. The predicted octanol–water partition coefficient (Wildman–Crippen LogP) is 0.170. The summed E-state index contributed by atoms with van der Waals surface area (Å²) < 4.78 is 4.98. The Labute approximate surface area is 107 Å². The second-order valence-electron chi connectivity index (χ2n) is 3.38. The lowest BCUT2D eigenvalue weighted by atomic mass is 10.2. The van der Waals surface area contributed by atoms with Crippen LogP contribution in [0.1, 0.15) is 10.4 Å². The summed E-state index contributed by atoms with van der Waals surface area (Å²) in [7, 11) is 1.49. The number of amides is 3. The van der Waals surface area contributed by atoms with Crippen LogP contribution in [0.25, 0.3) is 0 Å². The van der Waals surface area contributed by atoms with Gasteiger partial charge in [-0.2, -0.15) is 5.21 Å². The minimum atomic E-state index is -0.755. The molecule has 9 nitrogen and oxygen atoms in total. The molecule has 0 atom stereocenters. The Bertz CT molecular complexity index is 583. The average molecular weight is 262 g/mol. The van der Waals surface area contributed by atoms with Crippen LogP contribution in [0.15, 0.2) is 24.3 Å². The summed E-state index contributed by atoms with van der Waals surface area (Å²) in [5.41, 5.74) is 0.294. The topological polar surface area (TPSA) is 122 Å². The van der Waals surface area contributed by atoms with Gasteiger partial charge in [-0.1, -0.05) is 11.2 Å². The molecule has 9 heteroatoms. The fourth-order valence-corrected chi connectivity index (χ4v) is 1.29. The number of nitrogens with one attached hydrogen (secondary N) is 3. The summed E-state index contributed by atoms with van der Waals surface area (Å²) in [6, 6.07) is 5.64. The molecule has 3 amide bonds. The molecule has 2 rings (SSSR count). The SMILES string of the molecule is COc1cccc(C(=O)NC(=O)Nc2nn[nH]n2)c1. The molecule has 98 valence electrons. The summed E-state index contributed by atoms with van der Waals surface area (Å²) in [5.74, 6) is -0.0814. The molecule has 0 spiro atoms. The van der Waals surface area contributed by atoms with Crippen molar-refractivity contribution in [3.05, 3.63) is 29.8 Å². The van der Waals surface area contributed by atoms with Crippen molar-refractivity contribution in [3.63, 3.8) is 0 Å². The Morgan fingerprint density at radius 3 is 2.89 bits per heavy atom. The monoisotopic (exact) mass is 262 g/mol. The van der Waals surface area contributed by atoms with Crippen LogP contribution < -0.4 is 15.4 Å². The molecule has 1 heterocycles. The van der Waals surface area contributed by atoms with Gasteiger partial charge in [-0.05, 0) is 23.4 Å². The number of hydrogen-bond acceptors (Lipinski definition) is 6. The molecule has 0 saturated heterocycles. The lowest BCUT2D eigenvalue weighted by molar-refractivity contribution is 0.0966. The van der Waals surface area contributed by atoms with Crippen LogP contribution in [0.4, 0.5) is 10.7 Å². The van der Waals surface area contributed by atoms with Crippen molar-refractivity contribution in [3.8, 4) is 5.75 Å². The molecule has 0 bridgehead atoms. The molecule has 1 aromatic carbocycles. The molecule has 1 aromatic heterocycles. The first-order chi connectivity index (χ1) is 9.19. The molecular formula is C10H10N6O3. The quantitative estimate of drug-likeness (QED) is 0.724. The third-order valence-electron chi connectivity index (χ3n) is 2.13. The van der Waals surface area contributed by atoms with Crippen molar-refractivity contribution < 1.29 is 14.3 Å². The number of urea groups is 1. The van der Waals surface area contributed by atoms with E-state index in [4.69, 9.17) is 4.74 Å². The van der Waals surface area contributed by atoms with Crippen molar-refractivity contribution in [1.82, 2.24) is 25.9 Å². The van der Waals surface area contributed by atoms with Crippen LogP contribution >= 0.6 is 0 Å². The van der Waals surface area contributed by atoms with E-state index in [1.165, 1.54) is 13.2 Å². The maximum Gasteiger partial charge on any atom is 0.328 e. The van der Waals surface area contributed by atoms with Crippen molar-refractivity contribution >= 4 is 17.9 Å². The number of imide groups is 1. The second-order valence-corrected chi connectivity index (χ2v) is 3.38. The molecular weight excluding hydrogens is 252 g/mol. The lowest BCUT2D eigenvalue weighted by Crippen LogP contribution is -2.34. The van der Waals surface area contributed by atoms with Gasteiger partial charge in [0.05, 0.1) is 7.11 Å². The van der Waals surface area contributed by atoms with Crippen molar-refractivity contribution in [2.24, 2.45) is 0 Å². The van der Waals surface area contributed by atoms with E-state index in [1.54, 1.807) is 18.2 Å². The number of benzene rings is 1. The first-order valence-electron chi connectivity index (χ1n) is 5.19. The number of hydrogen-bond donors (Lipinski definition) is 3. The smallest absolute Gasteiger partial charge is 0.328 e. The van der Waals surface area contributed by atoms with Gasteiger partial charge in [0.1, 0.15) is 5.75 Å². The van der Waals surface area contributed by atoms with Gasteiger partial charge in [-0.3, -0.25) is 15.4 Å². The van der Waals surface area contributed by atoms with Gasteiger partial charge in [0.15, 0.2) is 0 Å². The summed E-state index contributed by atoms with van der Waals surface area (Å²) in [4.78, 5) is 23.2. The van der Waals surface area contributed by atoms with Crippen LogP contribution in [0, 0.1) is 0 Å². The first-order valence-corrected chi connectivity index (χ1v) is 5.19. The van der Waals surface area contributed by atoms with Gasteiger partial charge in [0.25, 0.3) is 11.9 Å². The standard InChI is InChI=1S/C10H10N6O3/c1-19-7-4-2-3-6(5-7)8(17)11-10(18)12-9-13-15-16-14-9/h2-5H,1H3,(H3,11,12,13,14,15,16,17,18). The minimum Gasteiger partial charge on any atom is -0.497 e. The molecule has 0 radical (unpaired) electrons. The second kappa shape index (κ2) is 5.58. The van der Waals surface area contributed by atoms with Crippen molar-refractivity contribution in [1.29, 1.82) is 0 Å². The van der Waals surface area contributed by atoms with E-state index in [9.17, 15) is 9.59 Å². The number of rotatable bonds is 3.